The van der Waals surface area contributed by atoms with Crippen molar-refractivity contribution in [1.82, 2.24) is 4.90 Å². The molecule has 2 aliphatic rings. The molecule has 1 aliphatic heterocycles. The average Bonchev–Trinajstić information content (AvgIpc) is 3.04. The molecule has 15 heavy (non-hydrogen) atoms. The van der Waals surface area contributed by atoms with E-state index in [1.807, 2.05) is 0 Å². The fourth-order valence-corrected chi connectivity index (χ4v) is 3.04. The van der Waals surface area contributed by atoms with Crippen LogP contribution in [-0.4, -0.2) is 30.6 Å². The van der Waals surface area contributed by atoms with E-state index in [1.54, 1.807) is 0 Å². The van der Waals surface area contributed by atoms with Crippen LogP contribution < -0.4 is 5.73 Å². The molecule has 0 spiro atoms. The maximum atomic E-state index is 5.90. The van der Waals surface area contributed by atoms with Crippen LogP contribution in [0.3, 0.4) is 0 Å². The van der Waals surface area contributed by atoms with E-state index >= 15 is 0 Å². The molecule has 0 radical (unpaired) electrons. The smallest absolute Gasteiger partial charge is 0.0246 e. The lowest BCUT2D eigenvalue weighted by molar-refractivity contribution is 0.107. The van der Waals surface area contributed by atoms with E-state index in [0.29, 0.717) is 6.04 Å². The molecular formula is C13H26N2. The monoisotopic (exact) mass is 210 g/mol. The van der Waals surface area contributed by atoms with Gasteiger partial charge in [-0.3, -0.25) is 4.90 Å². The van der Waals surface area contributed by atoms with Crippen LogP contribution in [0.5, 0.6) is 0 Å². The van der Waals surface area contributed by atoms with E-state index in [9.17, 15) is 0 Å². The lowest BCUT2D eigenvalue weighted by Gasteiger charge is -2.38. The van der Waals surface area contributed by atoms with E-state index in [-0.39, 0.29) is 0 Å². The first-order valence-electron chi connectivity index (χ1n) is 6.66. The van der Waals surface area contributed by atoms with Gasteiger partial charge in [-0.25, -0.2) is 0 Å². The van der Waals surface area contributed by atoms with Crippen LogP contribution >= 0.6 is 0 Å². The zero-order valence-corrected chi connectivity index (χ0v) is 10.3. The molecule has 1 saturated carbocycles. The Labute approximate surface area is 94.2 Å². The SMILES string of the molecule is CC(C)C1CCN(C(CN)C2CC2)CC1. The van der Waals surface area contributed by atoms with E-state index in [4.69, 9.17) is 5.73 Å². The Hall–Kier alpha value is -0.0800. The minimum absolute atomic E-state index is 0.707. The van der Waals surface area contributed by atoms with Crippen LogP contribution in [0.2, 0.25) is 0 Å². The highest BCUT2D eigenvalue weighted by molar-refractivity contribution is 4.90. The molecule has 1 heterocycles. The molecule has 1 saturated heterocycles. The summed E-state index contributed by atoms with van der Waals surface area (Å²) in [7, 11) is 0. The molecule has 2 heteroatoms. The van der Waals surface area contributed by atoms with Gasteiger partial charge in [0.2, 0.25) is 0 Å². The van der Waals surface area contributed by atoms with Crippen molar-refractivity contribution in [3.63, 3.8) is 0 Å². The Bertz CT molecular complexity index is 191. The quantitative estimate of drug-likeness (QED) is 0.770. The highest BCUT2D eigenvalue weighted by Gasteiger charge is 2.35. The van der Waals surface area contributed by atoms with Crippen molar-refractivity contribution in [2.45, 2.75) is 45.6 Å². The molecule has 1 unspecified atom stereocenters. The standard InChI is InChI=1S/C13H26N2/c1-10(2)11-5-7-15(8-6-11)13(9-14)12-3-4-12/h10-13H,3-9,14H2,1-2H3. The van der Waals surface area contributed by atoms with Crippen molar-refractivity contribution in [2.24, 2.45) is 23.5 Å². The van der Waals surface area contributed by atoms with Gasteiger partial charge >= 0.3 is 0 Å². The Morgan fingerprint density at radius 2 is 1.67 bits per heavy atom. The first-order chi connectivity index (χ1) is 7.22. The highest BCUT2D eigenvalue weighted by Crippen LogP contribution is 2.36. The predicted octanol–water partition coefficient (Wildman–Crippen LogP) is 2.09. The van der Waals surface area contributed by atoms with Crippen LogP contribution in [0, 0.1) is 17.8 Å². The fourth-order valence-electron chi connectivity index (χ4n) is 3.04. The summed E-state index contributed by atoms with van der Waals surface area (Å²) in [5, 5.41) is 0. The lowest BCUT2D eigenvalue weighted by Crippen LogP contribution is -2.46. The number of nitrogens with zero attached hydrogens (tertiary/aromatic N) is 1. The number of nitrogens with two attached hydrogens (primary N) is 1. The zero-order chi connectivity index (χ0) is 10.8. The summed E-state index contributed by atoms with van der Waals surface area (Å²) in [6, 6.07) is 0.707. The molecule has 2 fully saturated rings. The Balaban J connectivity index is 1.81. The minimum Gasteiger partial charge on any atom is -0.329 e. The summed E-state index contributed by atoms with van der Waals surface area (Å²) >= 11 is 0. The van der Waals surface area contributed by atoms with E-state index in [0.717, 1.165) is 24.3 Å². The molecule has 0 aromatic carbocycles. The van der Waals surface area contributed by atoms with Gasteiger partial charge in [-0.05, 0) is 56.5 Å². The maximum absolute atomic E-state index is 5.90. The van der Waals surface area contributed by atoms with Gasteiger partial charge in [0.25, 0.3) is 0 Å². The number of piperidine rings is 1. The number of hydrogen-bond acceptors (Lipinski definition) is 2. The van der Waals surface area contributed by atoms with Gasteiger partial charge in [-0.1, -0.05) is 13.8 Å². The molecule has 0 aromatic heterocycles. The van der Waals surface area contributed by atoms with E-state index < -0.39 is 0 Å². The normalized spacial score (nSPS) is 27.2. The third kappa shape index (κ3) is 2.73. The van der Waals surface area contributed by atoms with Crippen molar-refractivity contribution >= 4 is 0 Å². The second kappa shape index (κ2) is 4.84. The summed E-state index contributed by atoms with van der Waals surface area (Å²) in [5.41, 5.74) is 5.90. The van der Waals surface area contributed by atoms with Crippen LogP contribution in [0.15, 0.2) is 0 Å². The molecule has 0 bridgehead atoms. The van der Waals surface area contributed by atoms with Gasteiger partial charge in [-0.2, -0.15) is 0 Å². The molecular weight excluding hydrogens is 184 g/mol. The zero-order valence-electron chi connectivity index (χ0n) is 10.3. The van der Waals surface area contributed by atoms with Gasteiger partial charge in [0.15, 0.2) is 0 Å². The molecule has 1 atom stereocenters. The molecule has 2 nitrogen and oxygen atoms in total. The van der Waals surface area contributed by atoms with Crippen LogP contribution in [0.25, 0.3) is 0 Å². The van der Waals surface area contributed by atoms with Crippen LogP contribution in [-0.2, 0) is 0 Å². The molecule has 0 amide bonds. The van der Waals surface area contributed by atoms with E-state index in [1.165, 1.54) is 38.8 Å². The largest absolute Gasteiger partial charge is 0.329 e. The Kier molecular flexibility index (Phi) is 3.68. The number of rotatable bonds is 4. The summed E-state index contributed by atoms with van der Waals surface area (Å²) < 4.78 is 0. The van der Waals surface area contributed by atoms with Gasteiger partial charge in [-0.15, -0.1) is 0 Å². The molecule has 1 aliphatic carbocycles. The van der Waals surface area contributed by atoms with Crippen molar-refractivity contribution in [3.05, 3.63) is 0 Å². The maximum Gasteiger partial charge on any atom is 0.0246 e. The van der Waals surface area contributed by atoms with Gasteiger partial charge in [0, 0.05) is 12.6 Å². The van der Waals surface area contributed by atoms with Crippen molar-refractivity contribution in [3.8, 4) is 0 Å². The molecule has 88 valence electrons. The summed E-state index contributed by atoms with van der Waals surface area (Å²) in [6.07, 6.45) is 5.62. The summed E-state index contributed by atoms with van der Waals surface area (Å²) in [6.45, 7) is 8.18. The second-order valence-corrected chi connectivity index (χ2v) is 5.76. The van der Waals surface area contributed by atoms with Crippen molar-refractivity contribution in [2.75, 3.05) is 19.6 Å². The number of hydrogen-bond donors (Lipinski definition) is 1. The highest BCUT2D eigenvalue weighted by atomic mass is 15.2. The second-order valence-electron chi connectivity index (χ2n) is 5.76. The Morgan fingerprint density at radius 3 is 2.07 bits per heavy atom. The third-order valence-corrected chi connectivity index (χ3v) is 4.39. The van der Waals surface area contributed by atoms with Gasteiger partial charge in [0.05, 0.1) is 0 Å². The topological polar surface area (TPSA) is 29.3 Å². The predicted molar refractivity (Wildman–Crippen MR) is 64.7 cm³/mol. The first kappa shape index (κ1) is 11.4. The van der Waals surface area contributed by atoms with E-state index in [2.05, 4.69) is 18.7 Å². The Morgan fingerprint density at radius 1 is 1.07 bits per heavy atom. The number of likely N-dealkylation sites (tertiary alicyclic amines) is 1. The van der Waals surface area contributed by atoms with Crippen molar-refractivity contribution in [1.29, 1.82) is 0 Å². The average molecular weight is 210 g/mol. The summed E-state index contributed by atoms with van der Waals surface area (Å²) in [4.78, 5) is 2.66. The lowest BCUT2D eigenvalue weighted by atomic mass is 9.86. The van der Waals surface area contributed by atoms with Crippen LogP contribution in [0.1, 0.15) is 39.5 Å². The molecule has 2 rings (SSSR count). The van der Waals surface area contributed by atoms with Gasteiger partial charge in [0.1, 0.15) is 0 Å². The van der Waals surface area contributed by atoms with Crippen LogP contribution in [0.4, 0.5) is 0 Å². The minimum atomic E-state index is 0.707. The third-order valence-electron chi connectivity index (χ3n) is 4.39. The first-order valence-corrected chi connectivity index (χ1v) is 6.66. The van der Waals surface area contributed by atoms with Gasteiger partial charge < -0.3 is 5.73 Å². The summed E-state index contributed by atoms with van der Waals surface area (Å²) in [5.74, 6) is 2.76. The fraction of sp³-hybridized carbons (Fsp3) is 1.00. The molecule has 0 aromatic rings. The van der Waals surface area contributed by atoms with Crippen molar-refractivity contribution < 1.29 is 0 Å². The molecule has 2 N–H and O–H groups in total.